The van der Waals surface area contributed by atoms with Gasteiger partial charge in [-0.05, 0) is 73.0 Å². The van der Waals surface area contributed by atoms with Crippen molar-refractivity contribution in [3.8, 4) is 5.75 Å². The molecule has 3 aromatic rings. The zero-order valence-electron chi connectivity index (χ0n) is 20.9. The number of fused-ring (bicyclic) bond motifs is 1. The number of benzene rings is 2. The number of rotatable bonds is 8. The summed E-state index contributed by atoms with van der Waals surface area (Å²) in [6.07, 6.45) is 2.57. The molecule has 0 spiro atoms. The van der Waals surface area contributed by atoms with Crippen molar-refractivity contribution in [2.45, 2.75) is 38.3 Å². The van der Waals surface area contributed by atoms with Crippen molar-refractivity contribution in [1.82, 2.24) is 9.80 Å². The molecule has 2 aliphatic heterocycles. The van der Waals surface area contributed by atoms with Crippen LogP contribution in [-0.4, -0.2) is 60.6 Å². The van der Waals surface area contributed by atoms with E-state index in [1.165, 1.54) is 4.88 Å². The monoisotopic (exact) mass is 538 g/mol. The van der Waals surface area contributed by atoms with E-state index in [4.69, 9.17) is 21.1 Å². The van der Waals surface area contributed by atoms with Gasteiger partial charge in [-0.15, -0.1) is 11.3 Å². The first kappa shape index (κ1) is 25.8. The minimum atomic E-state index is -0.215. The molecule has 0 aliphatic carbocycles. The number of aryl methyl sites for hydroxylation is 1. The number of hydrogen-bond donors (Lipinski definition) is 0. The Bertz CT molecular complexity index is 1260. The number of nitrogens with zero attached hydrogens (tertiary/aromatic N) is 2. The van der Waals surface area contributed by atoms with Crippen LogP contribution in [0.4, 0.5) is 0 Å². The molecule has 1 saturated heterocycles. The van der Waals surface area contributed by atoms with Gasteiger partial charge in [0.1, 0.15) is 18.9 Å². The Balaban J connectivity index is 1.36. The van der Waals surface area contributed by atoms with Crippen molar-refractivity contribution in [2.24, 2.45) is 0 Å². The van der Waals surface area contributed by atoms with Crippen molar-refractivity contribution in [3.63, 3.8) is 0 Å². The number of thiophene rings is 1. The van der Waals surface area contributed by atoms with Crippen LogP contribution in [0.5, 0.6) is 5.75 Å². The van der Waals surface area contributed by atoms with Crippen molar-refractivity contribution in [3.05, 3.63) is 86.6 Å². The molecule has 1 aromatic heterocycles. The summed E-state index contributed by atoms with van der Waals surface area (Å²) in [4.78, 5) is 32.1. The number of carbonyl (C=O) groups excluding carboxylic acids is 2. The summed E-state index contributed by atoms with van der Waals surface area (Å²) >= 11 is 7.88. The molecule has 0 bridgehead atoms. The number of halogens is 1. The Labute approximate surface area is 226 Å². The van der Waals surface area contributed by atoms with E-state index in [1.54, 1.807) is 40.5 Å². The minimum absolute atomic E-state index is 0.0223. The van der Waals surface area contributed by atoms with Gasteiger partial charge in [-0.2, -0.15) is 0 Å². The standard InChI is InChI=1S/C29H31ClN2O4S/c1-20-6-2-3-10-26(20)36-19-25-24-12-15-37-27(24)11-13-32(25)28(33)18-31(17-23-9-5-14-35-23)29(34)21-7-4-8-22(30)16-21/h2-4,6-8,10,12,15-16,23,25H,5,9,11,13-14,17-19H2,1H3. The van der Waals surface area contributed by atoms with E-state index in [0.29, 0.717) is 36.9 Å². The van der Waals surface area contributed by atoms with Crippen LogP contribution in [0.15, 0.2) is 60.0 Å². The zero-order valence-corrected chi connectivity index (χ0v) is 22.5. The van der Waals surface area contributed by atoms with Gasteiger partial charge in [-0.1, -0.05) is 35.9 Å². The van der Waals surface area contributed by atoms with Crippen LogP contribution in [0.1, 0.15) is 45.2 Å². The summed E-state index contributed by atoms with van der Waals surface area (Å²) in [5.41, 5.74) is 2.65. The summed E-state index contributed by atoms with van der Waals surface area (Å²) in [6, 6.07) is 16.6. The highest BCUT2D eigenvalue weighted by atomic mass is 35.5. The molecular weight excluding hydrogens is 508 g/mol. The number of amides is 2. The molecule has 0 N–H and O–H groups in total. The van der Waals surface area contributed by atoms with Gasteiger partial charge in [0.2, 0.25) is 5.91 Å². The molecule has 0 radical (unpaired) electrons. The molecule has 37 heavy (non-hydrogen) atoms. The molecule has 1 fully saturated rings. The third-order valence-corrected chi connectivity index (χ3v) is 8.27. The third kappa shape index (κ3) is 6.00. The summed E-state index contributed by atoms with van der Waals surface area (Å²) in [5.74, 6) is 0.504. The SMILES string of the molecule is Cc1ccccc1OCC1c2ccsc2CCN1C(=O)CN(CC1CCCO1)C(=O)c1cccc(Cl)c1. The molecule has 5 rings (SSSR count). The molecule has 2 atom stereocenters. The van der Waals surface area contributed by atoms with Gasteiger partial charge in [0.05, 0.1) is 12.1 Å². The lowest BCUT2D eigenvalue weighted by atomic mass is 10.00. The van der Waals surface area contributed by atoms with Gasteiger partial charge in [0, 0.05) is 35.2 Å². The smallest absolute Gasteiger partial charge is 0.254 e. The maximum atomic E-state index is 13.8. The van der Waals surface area contributed by atoms with E-state index in [2.05, 4.69) is 11.4 Å². The van der Waals surface area contributed by atoms with Crippen LogP contribution in [-0.2, 0) is 16.0 Å². The summed E-state index contributed by atoms with van der Waals surface area (Å²) < 4.78 is 12.0. The Hall–Kier alpha value is -2.87. The van der Waals surface area contributed by atoms with Gasteiger partial charge in [0.15, 0.2) is 0 Å². The second kappa shape index (κ2) is 11.7. The molecule has 194 valence electrons. The van der Waals surface area contributed by atoms with Crippen molar-refractivity contribution in [2.75, 3.05) is 32.8 Å². The number of carbonyl (C=O) groups is 2. The largest absolute Gasteiger partial charge is 0.491 e. The lowest BCUT2D eigenvalue weighted by Crippen LogP contribution is -2.49. The van der Waals surface area contributed by atoms with Gasteiger partial charge in [-0.25, -0.2) is 0 Å². The predicted molar refractivity (Wildman–Crippen MR) is 145 cm³/mol. The Morgan fingerprint density at radius 3 is 2.84 bits per heavy atom. The fourth-order valence-corrected chi connectivity index (χ4v) is 6.19. The molecule has 3 heterocycles. The molecule has 2 amide bonds. The fourth-order valence-electron chi connectivity index (χ4n) is 5.07. The topological polar surface area (TPSA) is 59.1 Å². The quantitative estimate of drug-likeness (QED) is 0.378. The molecule has 0 saturated carbocycles. The average Bonchev–Trinajstić information content (AvgIpc) is 3.59. The van der Waals surface area contributed by atoms with Crippen LogP contribution in [0.3, 0.4) is 0 Å². The van der Waals surface area contributed by atoms with Gasteiger partial charge >= 0.3 is 0 Å². The van der Waals surface area contributed by atoms with Crippen LogP contribution in [0.25, 0.3) is 0 Å². The van der Waals surface area contributed by atoms with Crippen LogP contribution >= 0.6 is 22.9 Å². The normalized spacial score (nSPS) is 18.9. The maximum Gasteiger partial charge on any atom is 0.254 e. The lowest BCUT2D eigenvalue weighted by Gasteiger charge is -2.37. The maximum absolute atomic E-state index is 13.8. The highest BCUT2D eigenvalue weighted by molar-refractivity contribution is 7.10. The van der Waals surface area contributed by atoms with Gasteiger partial charge < -0.3 is 19.3 Å². The number of ether oxygens (including phenoxy) is 2. The minimum Gasteiger partial charge on any atom is -0.491 e. The first-order valence-corrected chi connectivity index (χ1v) is 14.0. The van der Waals surface area contributed by atoms with Crippen molar-refractivity contribution in [1.29, 1.82) is 0 Å². The van der Waals surface area contributed by atoms with Gasteiger partial charge in [0.25, 0.3) is 5.91 Å². The highest BCUT2D eigenvalue weighted by Gasteiger charge is 2.34. The van der Waals surface area contributed by atoms with E-state index in [9.17, 15) is 9.59 Å². The van der Waals surface area contributed by atoms with Crippen molar-refractivity contribution >= 4 is 34.8 Å². The van der Waals surface area contributed by atoms with Gasteiger partial charge in [-0.3, -0.25) is 9.59 Å². The highest BCUT2D eigenvalue weighted by Crippen LogP contribution is 2.34. The zero-order chi connectivity index (χ0) is 25.8. The van der Waals surface area contributed by atoms with E-state index < -0.39 is 0 Å². The predicted octanol–water partition coefficient (Wildman–Crippen LogP) is 5.54. The van der Waals surface area contributed by atoms with Crippen LogP contribution < -0.4 is 4.74 Å². The van der Waals surface area contributed by atoms with E-state index >= 15 is 0 Å². The summed E-state index contributed by atoms with van der Waals surface area (Å²) in [5, 5.41) is 2.56. The second-order valence-electron chi connectivity index (χ2n) is 9.56. The van der Waals surface area contributed by atoms with Crippen LogP contribution in [0, 0.1) is 6.92 Å². The van der Waals surface area contributed by atoms with Crippen molar-refractivity contribution < 1.29 is 19.1 Å². The van der Waals surface area contributed by atoms with E-state index in [-0.39, 0.29) is 30.5 Å². The lowest BCUT2D eigenvalue weighted by molar-refractivity contribution is -0.135. The first-order valence-electron chi connectivity index (χ1n) is 12.7. The fraction of sp³-hybridized carbons (Fsp3) is 0.379. The average molecular weight is 539 g/mol. The number of para-hydroxylation sites is 1. The Kier molecular flexibility index (Phi) is 8.13. The molecule has 8 heteroatoms. The Morgan fingerprint density at radius 2 is 2.05 bits per heavy atom. The second-order valence-corrected chi connectivity index (χ2v) is 11.0. The first-order chi connectivity index (χ1) is 18.0. The molecule has 2 aliphatic rings. The molecule has 6 nitrogen and oxygen atoms in total. The third-order valence-electron chi connectivity index (χ3n) is 7.04. The van der Waals surface area contributed by atoms with E-state index in [0.717, 1.165) is 36.1 Å². The molecular formula is C29H31ClN2O4S. The summed E-state index contributed by atoms with van der Waals surface area (Å²) in [7, 11) is 0. The number of hydrogen-bond acceptors (Lipinski definition) is 5. The molecule has 2 unspecified atom stereocenters. The van der Waals surface area contributed by atoms with E-state index in [1.807, 2.05) is 36.1 Å². The summed E-state index contributed by atoms with van der Waals surface area (Å²) in [6.45, 7) is 3.99. The molecule has 2 aromatic carbocycles. The Morgan fingerprint density at radius 1 is 1.19 bits per heavy atom. The van der Waals surface area contributed by atoms with Crippen LogP contribution in [0.2, 0.25) is 5.02 Å².